The van der Waals surface area contributed by atoms with Crippen molar-refractivity contribution in [2.24, 2.45) is 0 Å². The molecule has 1 rings (SSSR count). The van der Waals surface area contributed by atoms with Crippen LogP contribution in [0.3, 0.4) is 0 Å². The summed E-state index contributed by atoms with van der Waals surface area (Å²) in [4.78, 5) is 0. The summed E-state index contributed by atoms with van der Waals surface area (Å²) in [5.41, 5.74) is 1.11. The zero-order valence-electron chi connectivity index (χ0n) is 11.3. The van der Waals surface area contributed by atoms with Crippen molar-refractivity contribution in [3.05, 3.63) is 24.3 Å². The Morgan fingerprint density at radius 3 is 2.50 bits per heavy atom. The predicted molar refractivity (Wildman–Crippen MR) is 76.3 cm³/mol. The van der Waals surface area contributed by atoms with E-state index in [1.165, 1.54) is 12.8 Å². The fraction of sp³-hybridized carbons (Fsp3) is 0.600. The standard InChI is InChI=1S/C15H25NO2/c1-2-3-6-13-18-15-9-7-14(8-10-15)16-11-4-5-12-17/h7-10,16-17H,2-6,11-13H2,1H3. The normalized spacial score (nSPS) is 10.3. The van der Waals surface area contributed by atoms with Crippen LogP contribution >= 0.6 is 0 Å². The van der Waals surface area contributed by atoms with Crippen LogP contribution in [0.15, 0.2) is 24.3 Å². The average Bonchev–Trinajstić information content (AvgIpc) is 2.41. The lowest BCUT2D eigenvalue weighted by molar-refractivity contribution is 0.286. The highest BCUT2D eigenvalue weighted by Crippen LogP contribution is 2.16. The lowest BCUT2D eigenvalue weighted by Crippen LogP contribution is -2.02. The first-order valence-corrected chi connectivity index (χ1v) is 6.94. The molecule has 0 radical (unpaired) electrons. The van der Waals surface area contributed by atoms with Gasteiger partial charge in [-0.05, 0) is 43.5 Å². The predicted octanol–water partition coefficient (Wildman–Crippen LogP) is 3.44. The molecule has 1 aromatic rings. The number of ether oxygens (including phenoxy) is 1. The van der Waals surface area contributed by atoms with Crippen LogP contribution in [0.5, 0.6) is 5.75 Å². The van der Waals surface area contributed by atoms with E-state index in [0.29, 0.717) is 0 Å². The minimum atomic E-state index is 0.270. The van der Waals surface area contributed by atoms with Gasteiger partial charge in [0.05, 0.1) is 6.61 Å². The van der Waals surface area contributed by atoms with Crippen molar-refractivity contribution in [3.8, 4) is 5.75 Å². The van der Waals surface area contributed by atoms with Gasteiger partial charge < -0.3 is 15.2 Å². The molecule has 3 heteroatoms. The molecule has 0 saturated carbocycles. The van der Waals surface area contributed by atoms with Gasteiger partial charge in [0.1, 0.15) is 5.75 Å². The lowest BCUT2D eigenvalue weighted by Gasteiger charge is -2.08. The van der Waals surface area contributed by atoms with Gasteiger partial charge in [0.25, 0.3) is 0 Å². The van der Waals surface area contributed by atoms with Crippen LogP contribution in [0.2, 0.25) is 0 Å². The first-order valence-electron chi connectivity index (χ1n) is 6.94. The zero-order chi connectivity index (χ0) is 13.1. The molecule has 18 heavy (non-hydrogen) atoms. The number of rotatable bonds is 10. The molecule has 0 aliphatic carbocycles. The second kappa shape index (κ2) is 9.77. The molecular formula is C15H25NO2. The number of anilines is 1. The summed E-state index contributed by atoms with van der Waals surface area (Å²) in [5, 5.41) is 12.0. The van der Waals surface area contributed by atoms with Crippen molar-refractivity contribution in [2.75, 3.05) is 25.1 Å². The highest BCUT2D eigenvalue weighted by atomic mass is 16.5. The van der Waals surface area contributed by atoms with Crippen molar-refractivity contribution < 1.29 is 9.84 Å². The number of unbranched alkanes of at least 4 members (excludes halogenated alkanes) is 3. The Bertz CT molecular complexity index is 267. The van der Waals surface area contributed by atoms with Crippen molar-refractivity contribution in [1.82, 2.24) is 0 Å². The maximum Gasteiger partial charge on any atom is 0.119 e. The minimum absolute atomic E-state index is 0.270. The van der Waals surface area contributed by atoms with Crippen LogP contribution in [0, 0.1) is 0 Å². The van der Waals surface area contributed by atoms with Crippen LogP contribution in [0.4, 0.5) is 5.69 Å². The molecule has 1 aromatic carbocycles. The van der Waals surface area contributed by atoms with Gasteiger partial charge in [-0.3, -0.25) is 0 Å². The largest absolute Gasteiger partial charge is 0.494 e. The summed E-state index contributed by atoms with van der Waals surface area (Å²) in [7, 11) is 0. The Kier molecular flexibility index (Phi) is 8.06. The highest BCUT2D eigenvalue weighted by molar-refractivity contribution is 5.46. The lowest BCUT2D eigenvalue weighted by atomic mass is 10.2. The van der Waals surface area contributed by atoms with E-state index in [-0.39, 0.29) is 6.61 Å². The van der Waals surface area contributed by atoms with Gasteiger partial charge in [-0.15, -0.1) is 0 Å². The van der Waals surface area contributed by atoms with Crippen molar-refractivity contribution in [3.63, 3.8) is 0 Å². The molecule has 0 atom stereocenters. The molecule has 0 aromatic heterocycles. The molecular weight excluding hydrogens is 226 g/mol. The summed E-state index contributed by atoms with van der Waals surface area (Å²) in [5.74, 6) is 0.937. The van der Waals surface area contributed by atoms with Crippen LogP contribution in [-0.4, -0.2) is 24.9 Å². The fourth-order valence-electron chi connectivity index (χ4n) is 1.68. The van der Waals surface area contributed by atoms with Crippen LogP contribution in [0.25, 0.3) is 0 Å². The first-order chi connectivity index (χ1) is 8.86. The molecule has 102 valence electrons. The smallest absolute Gasteiger partial charge is 0.119 e. The summed E-state index contributed by atoms with van der Waals surface area (Å²) in [6, 6.07) is 8.07. The molecule has 0 bridgehead atoms. The first kappa shape index (κ1) is 14.8. The average molecular weight is 251 g/mol. The molecule has 0 heterocycles. The Hall–Kier alpha value is -1.22. The summed E-state index contributed by atoms with van der Waals surface area (Å²) in [6.45, 7) is 4.16. The van der Waals surface area contributed by atoms with Crippen LogP contribution in [0.1, 0.15) is 39.0 Å². The third kappa shape index (κ3) is 6.50. The molecule has 0 fully saturated rings. The molecule has 0 amide bonds. The monoisotopic (exact) mass is 251 g/mol. The Labute approximate surface area is 110 Å². The molecule has 0 saturated heterocycles. The Morgan fingerprint density at radius 2 is 1.83 bits per heavy atom. The van der Waals surface area contributed by atoms with E-state index >= 15 is 0 Å². The zero-order valence-corrected chi connectivity index (χ0v) is 11.3. The van der Waals surface area contributed by atoms with Gasteiger partial charge in [0.15, 0.2) is 0 Å². The number of aliphatic hydroxyl groups is 1. The van der Waals surface area contributed by atoms with Gasteiger partial charge in [0.2, 0.25) is 0 Å². The van der Waals surface area contributed by atoms with E-state index in [1.54, 1.807) is 0 Å². The number of nitrogens with one attached hydrogen (secondary N) is 1. The van der Waals surface area contributed by atoms with E-state index < -0.39 is 0 Å². The summed E-state index contributed by atoms with van der Waals surface area (Å²) >= 11 is 0. The quantitative estimate of drug-likeness (QED) is 0.626. The number of hydrogen-bond donors (Lipinski definition) is 2. The Morgan fingerprint density at radius 1 is 1.06 bits per heavy atom. The van der Waals surface area contributed by atoms with Gasteiger partial charge in [-0.1, -0.05) is 19.8 Å². The van der Waals surface area contributed by atoms with E-state index in [0.717, 1.165) is 43.9 Å². The molecule has 2 N–H and O–H groups in total. The number of aliphatic hydroxyl groups excluding tert-OH is 1. The fourth-order valence-corrected chi connectivity index (χ4v) is 1.68. The third-order valence-electron chi connectivity index (χ3n) is 2.78. The number of benzene rings is 1. The third-order valence-corrected chi connectivity index (χ3v) is 2.78. The van der Waals surface area contributed by atoms with Gasteiger partial charge in [-0.2, -0.15) is 0 Å². The van der Waals surface area contributed by atoms with Crippen molar-refractivity contribution >= 4 is 5.69 Å². The summed E-state index contributed by atoms with van der Waals surface area (Å²) < 4.78 is 5.65. The highest BCUT2D eigenvalue weighted by Gasteiger charge is 1.95. The second-order valence-electron chi connectivity index (χ2n) is 4.44. The molecule has 0 aliphatic heterocycles. The molecule has 3 nitrogen and oxygen atoms in total. The Balaban J connectivity index is 2.20. The summed E-state index contributed by atoms with van der Waals surface area (Å²) in [6.07, 6.45) is 5.42. The maximum absolute atomic E-state index is 8.68. The van der Waals surface area contributed by atoms with Crippen molar-refractivity contribution in [1.29, 1.82) is 0 Å². The van der Waals surface area contributed by atoms with Crippen LogP contribution < -0.4 is 10.1 Å². The SMILES string of the molecule is CCCCCOc1ccc(NCCCCO)cc1. The van der Waals surface area contributed by atoms with E-state index in [2.05, 4.69) is 12.2 Å². The van der Waals surface area contributed by atoms with E-state index in [9.17, 15) is 0 Å². The topological polar surface area (TPSA) is 41.5 Å². The maximum atomic E-state index is 8.68. The molecule has 0 spiro atoms. The molecule has 0 unspecified atom stereocenters. The molecule has 0 aliphatic rings. The van der Waals surface area contributed by atoms with Gasteiger partial charge in [-0.25, -0.2) is 0 Å². The van der Waals surface area contributed by atoms with E-state index in [4.69, 9.17) is 9.84 Å². The minimum Gasteiger partial charge on any atom is -0.494 e. The van der Waals surface area contributed by atoms with Gasteiger partial charge in [0, 0.05) is 18.8 Å². The van der Waals surface area contributed by atoms with E-state index in [1.807, 2.05) is 24.3 Å². The second-order valence-corrected chi connectivity index (χ2v) is 4.44. The van der Waals surface area contributed by atoms with Crippen molar-refractivity contribution in [2.45, 2.75) is 39.0 Å². The van der Waals surface area contributed by atoms with Crippen LogP contribution in [-0.2, 0) is 0 Å². The van der Waals surface area contributed by atoms with Gasteiger partial charge >= 0.3 is 0 Å². The number of hydrogen-bond acceptors (Lipinski definition) is 3.